The summed E-state index contributed by atoms with van der Waals surface area (Å²) >= 11 is 0. The van der Waals surface area contributed by atoms with Gasteiger partial charge in [0.05, 0.1) is 6.20 Å². The maximum atomic E-state index is 4.38. The molecule has 0 aliphatic carbocycles. The lowest BCUT2D eigenvalue weighted by Crippen LogP contribution is -2.01. The predicted octanol–water partition coefficient (Wildman–Crippen LogP) is 3.60. The Morgan fingerprint density at radius 2 is 1.88 bits per heavy atom. The van der Waals surface area contributed by atoms with E-state index in [0.29, 0.717) is 0 Å². The Bertz CT molecular complexity index is 429. The number of benzene rings is 1. The van der Waals surface area contributed by atoms with E-state index in [0.717, 1.165) is 12.5 Å². The molecule has 2 rings (SSSR count). The molecule has 2 heteroatoms. The summed E-state index contributed by atoms with van der Waals surface area (Å²) in [6, 6.07) is 10.4. The molecular weight excluding hydrogens is 196 g/mol. The fourth-order valence-electron chi connectivity index (χ4n) is 1.66. The highest BCUT2D eigenvalue weighted by atomic mass is 15.3. The van der Waals surface area contributed by atoms with Gasteiger partial charge in [-0.2, -0.15) is 5.10 Å². The second-order valence-electron chi connectivity index (χ2n) is 4.54. The van der Waals surface area contributed by atoms with Gasteiger partial charge < -0.3 is 0 Å². The minimum atomic E-state index is 0.726. The van der Waals surface area contributed by atoms with Crippen molar-refractivity contribution >= 4 is 0 Å². The Hall–Kier alpha value is -1.57. The Balaban J connectivity index is 2.08. The van der Waals surface area contributed by atoms with E-state index >= 15 is 0 Å². The molecule has 0 amide bonds. The molecule has 2 aromatic rings. The first kappa shape index (κ1) is 10.9. The second-order valence-corrected chi connectivity index (χ2v) is 4.54. The normalized spacial score (nSPS) is 10.9. The molecule has 16 heavy (non-hydrogen) atoms. The summed E-state index contributed by atoms with van der Waals surface area (Å²) in [5.74, 6) is 0.726. The van der Waals surface area contributed by atoms with Gasteiger partial charge in [0.2, 0.25) is 0 Å². The molecule has 84 valence electrons. The number of hydrogen-bond acceptors (Lipinski definition) is 1. The van der Waals surface area contributed by atoms with Gasteiger partial charge in [-0.05, 0) is 17.9 Å². The Kier molecular flexibility index (Phi) is 3.40. The van der Waals surface area contributed by atoms with Gasteiger partial charge in [0.1, 0.15) is 0 Å². The van der Waals surface area contributed by atoms with E-state index in [1.165, 1.54) is 17.5 Å². The van der Waals surface area contributed by atoms with Crippen LogP contribution >= 0.6 is 0 Å². The van der Waals surface area contributed by atoms with E-state index < -0.39 is 0 Å². The van der Waals surface area contributed by atoms with Crippen molar-refractivity contribution in [2.24, 2.45) is 5.92 Å². The molecule has 0 saturated carbocycles. The zero-order chi connectivity index (χ0) is 11.4. The summed E-state index contributed by atoms with van der Waals surface area (Å²) in [7, 11) is 0. The highest BCUT2D eigenvalue weighted by Gasteiger charge is 2.01. The molecule has 0 aliphatic rings. The van der Waals surface area contributed by atoms with Crippen LogP contribution in [0.5, 0.6) is 0 Å². The van der Waals surface area contributed by atoms with Crippen molar-refractivity contribution in [3.63, 3.8) is 0 Å². The molecule has 2 nitrogen and oxygen atoms in total. The zero-order valence-electron chi connectivity index (χ0n) is 9.93. The van der Waals surface area contributed by atoms with Crippen LogP contribution in [0.3, 0.4) is 0 Å². The summed E-state index contributed by atoms with van der Waals surface area (Å²) in [6.45, 7) is 5.48. The molecule has 0 saturated heterocycles. The third-order valence-electron chi connectivity index (χ3n) is 2.68. The van der Waals surface area contributed by atoms with Gasteiger partial charge in [0.15, 0.2) is 0 Å². The molecule has 1 aromatic carbocycles. The molecule has 0 fully saturated rings. The van der Waals surface area contributed by atoms with Crippen molar-refractivity contribution in [1.29, 1.82) is 0 Å². The van der Waals surface area contributed by atoms with Crippen LogP contribution in [0, 0.1) is 5.92 Å². The van der Waals surface area contributed by atoms with Crippen LogP contribution in [0.25, 0.3) is 11.1 Å². The molecule has 1 heterocycles. The van der Waals surface area contributed by atoms with Gasteiger partial charge >= 0.3 is 0 Å². The largest absolute Gasteiger partial charge is 0.272 e. The predicted molar refractivity (Wildman–Crippen MR) is 67.1 cm³/mol. The first-order valence-corrected chi connectivity index (χ1v) is 5.83. The zero-order valence-corrected chi connectivity index (χ0v) is 9.93. The lowest BCUT2D eigenvalue weighted by Gasteiger charge is -2.03. The van der Waals surface area contributed by atoms with E-state index in [1.54, 1.807) is 0 Å². The highest BCUT2D eigenvalue weighted by molar-refractivity contribution is 5.61. The van der Waals surface area contributed by atoms with Crippen LogP contribution in [-0.2, 0) is 6.54 Å². The minimum Gasteiger partial charge on any atom is -0.272 e. The summed E-state index contributed by atoms with van der Waals surface area (Å²) in [4.78, 5) is 0. The van der Waals surface area contributed by atoms with Gasteiger partial charge in [0.25, 0.3) is 0 Å². The number of rotatable bonds is 4. The average Bonchev–Trinajstić information content (AvgIpc) is 2.76. The molecule has 0 N–H and O–H groups in total. The van der Waals surface area contributed by atoms with Crippen LogP contribution in [0.1, 0.15) is 20.3 Å². The third-order valence-corrected chi connectivity index (χ3v) is 2.68. The van der Waals surface area contributed by atoms with Gasteiger partial charge in [0, 0.05) is 18.3 Å². The number of aryl methyl sites for hydroxylation is 1. The standard InChI is InChI=1S/C14H18N2/c1-12(2)8-9-16-11-14(10-15-16)13-6-4-3-5-7-13/h3-7,10-12H,8-9H2,1-2H3. The van der Waals surface area contributed by atoms with E-state index in [9.17, 15) is 0 Å². The van der Waals surface area contributed by atoms with Crippen molar-refractivity contribution in [3.8, 4) is 11.1 Å². The van der Waals surface area contributed by atoms with Gasteiger partial charge in [-0.1, -0.05) is 44.2 Å². The van der Waals surface area contributed by atoms with Crippen LogP contribution in [0.15, 0.2) is 42.7 Å². The second kappa shape index (κ2) is 4.97. The summed E-state index contributed by atoms with van der Waals surface area (Å²) in [5, 5.41) is 4.38. The SMILES string of the molecule is CC(C)CCn1cc(-c2ccccc2)cn1. The monoisotopic (exact) mass is 214 g/mol. The highest BCUT2D eigenvalue weighted by Crippen LogP contribution is 2.17. The Labute approximate surface area is 96.9 Å². The van der Waals surface area contributed by atoms with Crippen LogP contribution in [0.4, 0.5) is 0 Å². The molecule has 0 bridgehead atoms. The van der Waals surface area contributed by atoms with E-state index in [4.69, 9.17) is 0 Å². The maximum Gasteiger partial charge on any atom is 0.0568 e. The number of hydrogen-bond donors (Lipinski definition) is 0. The van der Waals surface area contributed by atoms with Crippen molar-refractivity contribution in [2.75, 3.05) is 0 Å². The fourth-order valence-corrected chi connectivity index (χ4v) is 1.66. The molecular formula is C14H18N2. The number of nitrogens with zero attached hydrogens (tertiary/aromatic N) is 2. The average molecular weight is 214 g/mol. The minimum absolute atomic E-state index is 0.726. The first-order valence-electron chi connectivity index (χ1n) is 5.83. The fraction of sp³-hybridized carbons (Fsp3) is 0.357. The third kappa shape index (κ3) is 2.72. The summed E-state index contributed by atoms with van der Waals surface area (Å²) in [5.41, 5.74) is 2.43. The first-order chi connectivity index (χ1) is 7.75. The van der Waals surface area contributed by atoms with Crippen LogP contribution in [-0.4, -0.2) is 9.78 Å². The lowest BCUT2D eigenvalue weighted by molar-refractivity contribution is 0.487. The molecule has 1 aromatic heterocycles. The van der Waals surface area contributed by atoms with Gasteiger partial charge in [-0.25, -0.2) is 0 Å². The van der Waals surface area contributed by atoms with Crippen molar-refractivity contribution in [1.82, 2.24) is 9.78 Å². The van der Waals surface area contributed by atoms with Gasteiger partial charge in [-0.3, -0.25) is 4.68 Å². The Morgan fingerprint density at radius 3 is 2.56 bits per heavy atom. The van der Waals surface area contributed by atoms with Crippen molar-refractivity contribution < 1.29 is 0 Å². The van der Waals surface area contributed by atoms with Crippen LogP contribution in [0.2, 0.25) is 0 Å². The van der Waals surface area contributed by atoms with Crippen LogP contribution < -0.4 is 0 Å². The molecule has 0 unspecified atom stereocenters. The smallest absolute Gasteiger partial charge is 0.0568 e. The molecule has 0 radical (unpaired) electrons. The Morgan fingerprint density at radius 1 is 1.12 bits per heavy atom. The van der Waals surface area contributed by atoms with E-state index in [-0.39, 0.29) is 0 Å². The van der Waals surface area contributed by atoms with Crippen molar-refractivity contribution in [3.05, 3.63) is 42.7 Å². The quantitative estimate of drug-likeness (QED) is 0.760. The van der Waals surface area contributed by atoms with Gasteiger partial charge in [-0.15, -0.1) is 0 Å². The number of aromatic nitrogens is 2. The maximum absolute atomic E-state index is 4.38. The molecule has 0 spiro atoms. The summed E-state index contributed by atoms with van der Waals surface area (Å²) < 4.78 is 2.03. The van der Waals surface area contributed by atoms with E-state index in [2.05, 4.69) is 49.4 Å². The molecule has 0 atom stereocenters. The summed E-state index contributed by atoms with van der Waals surface area (Å²) in [6.07, 6.45) is 5.24. The lowest BCUT2D eigenvalue weighted by atomic mass is 10.1. The van der Waals surface area contributed by atoms with Crippen molar-refractivity contribution in [2.45, 2.75) is 26.8 Å². The van der Waals surface area contributed by atoms with E-state index in [1.807, 2.05) is 16.9 Å². The molecule has 0 aliphatic heterocycles. The topological polar surface area (TPSA) is 17.8 Å².